The molecule has 3 unspecified atom stereocenters. The van der Waals surface area contributed by atoms with Crippen molar-refractivity contribution in [2.45, 2.75) is 71.5 Å². The summed E-state index contributed by atoms with van der Waals surface area (Å²) in [5.74, 6) is 0.111. The maximum absolute atomic E-state index is 11.9. The molecule has 1 aliphatic rings. The normalized spacial score (nSPS) is 21.7. The molecule has 1 aliphatic heterocycles. The summed E-state index contributed by atoms with van der Waals surface area (Å²) in [5.41, 5.74) is 0. The lowest BCUT2D eigenvalue weighted by Gasteiger charge is -2.33. The van der Waals surface area contributed by atoms with Crippen LogP contribution < -0.4 is 10.6 Å². The van der Waals surface area contributed by atoms with E-state index in [9.17, 15) is 4.79 Å². The molecule has 0 aromatic rings. The largest absolute Gasteiger partial charge is 0.352 e. The van der Waals surface area contributed by atoms with E-state index < -0.39 is 0 Å². The van der Waals surface area contributed by atoms with Crippen LogP contribution in [0, 0.1) is 0 Å². The first kappa shape index (κ1) is 16.4. The van der Waals surface area contributed by atoms with Crippen LogP contribution in [0.4, 0.5) is 0 Å². The summed E-state index contributed by atoms with van der Waals surface area (Å²) in [6, 6.07) is 0.664. The summed E-state index contributed by atoms with van der Waals surface area (Å²) in [6.07, 6.45) is 4.97. The zero-order valence-electron chi connectivity index (χ0n) is 13.0. The van der Waals surface area contributed by atoms with Gasteiger partial charge in [-0.1, -0.05) is 13.3 Å². The quantitative estimate of drug-likeness (QED) is 0.740. The lowest BCUT2D eigenvalue weighted by Crippen LogP contribution is -2.50. The van der Waals surface area contributed by atoms with E-state index in [-0.39, 0.29) is 18.0 Å². The molecule has 19 heavy (non-hydrogen) atoms. The van der Waals surface area contributed by atoms with Crippen LogP contribution in [0.3, 0.4) is 0 Å². The molecule has 4 heteroatoms. The molecule has 2 N–H and O–H groups in total. The molecule has 4 nitrogen and oxygen atoms in total. The van der Waals surface area contributed by atoms with E-state index in [0.717, 1.165) is 13.0 Å². The molecule has 0 spiro atoms. The van der Waals surface area contributed by atoms with Gasteiger partial charge in [-0.2, -0.15) is 0 Å². The fourth-order valence-electron chi connectivity index (χ4n) is 2.40. The average molecular weight is 269 g/mol. The molecular formula is C15H31N3O. The van der Waals surface area contributed by atoms with Gasteiger partial charge in [0.05, 0.1) is 6.04 Å². The Hall–Kier alpha value is -0.610. The predicted octanol–water partition coefficient (Wildman–Crippen LogP) is 1.75. The van der Waals surface area contributed by atoms with Crippen molar-refractivity contribution in [1.29, 1.82) is 0 Å². The second kappa shape index (κ2) is 8.54. The molecule has 0 saturated carbocycles. The summed E-state index contributed by atoms with van der Waals surface area (Å²) in [4.78, 5) is 14.4. The predicted molar refractivity (Wildman–Crippen MR) is 80.2 cm³/mol. The van der Waals surface area contributed by atoms with Crippen molar-refractivity contribution in [3.8, 4) is 0 Å². The second-order valence-corrected chi connectivity index (χ2v) is 5.89. The molecule has 1 fully saturated rings. The highest BCUT2D eigenvalue weighted by atomic mass is 16.2. The number of hydrogen-bond donors (Lipinski definition) is 2. The Morgan fingerprint density at radius 1 is 1.16 bits per heavy atom. The topological polar surface area (TPSA) is 44.4 Å². The van der Waals surface area contributed by atoms with Gasteiger partial charge in [0.25, 0.3) is 0 Å². The molecule has 0 aromatic carbocycles. The van der Waals surface area contributed by atoms with Crippen LogP contribution >= 0.6 is 0 Å². The first-order chi connectivity index (χ1) is 9.04. The van der Waals surface area contributed by atoms with Gasteiger partial charge in [-0.25, -0.2) is 0 Å². The highest BCUT2D eigenvalue weighted by Crippen LogP contribution is 2.11. The third kappa shape index (κ3) is 5.91. The number of rotatable bonds is 7. The molecule has 0 bridgehead atoms. The molecule has 0 aliphatic carbocycles. The zero-order chi connectivity index (χ0) is 14.3. The van der Waals surface area contributed by atoms with Crippen LogP contribution in [0.25, 0.3) is 0 Å². The molecule has 3 atom stereocenters. The van der Waals surface area contributed by atoms with Gasteiger partial charge in [0, 0.05) is 18.6 Å². The highest BCUT2D eigenvalue weighted by molar-refractivity contribution is 5.81. The monoisotopic (exact) mass is 269 g/mol. The van der Waals surface area contributed by atoms with Crippen LogP contribution in [0.2, 0.25) is 0 Å². The lowest BCUT2D eigenvalue weighted by molar-refractivity contribution is -0.123. The number of amides is 1. The van der Waals surface area contributed by atoms with Crippen LogP contribution in [-0.2, 0) is 4.79 Å². The molecule has 1 rings (SSSR count). The smallest absolute Gasteiger partial charge is 0.237 e. The minimum atomic E-state index is -0.110. The van der Waals surface area contributed by atoms with Gasteiger partial charge >= 0.3 is 0 Å². The Bertz CT molecular complexity index is 264. The summed E-state index contributed by atoms with van der Waals surface area (Å²) in [6.45, 7) is 11.6. The average Bonchev–Trinajstić information content (AvgIpc) is 2.44. The third-order valence-corrected chi connectivity index (χ3v) is 4.13. The highest BCUT2D eigenvalue weighted by Gasteiger charge is 2.19. The van der Waals surface area contributed by atoms with Crippen molar-refractivity contribution in [2.24, 2.45) is 0 Å². The Kier molecular flexibility index (Phi) is 7.39. The molecule has 0 radical (unpaired) electrons. The van der Waals surface area contributed by atoms with Gasteiger partial charge in [0.2, 0.25) is 5.91 Å². The van der Waals surface area contributed by atoms with E-state index in [0.29, 0.717) is 6.04 Å². The Morgan fingerprint density at radius 2 is 1.79 bits per heavy atom. The van der Waals surface area contributed by atoms with E-state index in [1.165, 1.54) is 32.4 Å². The van der Waals surface area contributed by atoms with E-state index in [4.69, 9.17) is 0 Å². The molecular weight excluding hydrogens is 238 g/mol. The molecule has 112 valence electrons. The maximum atomic E-state index is 11.9. The SMILES string of the molecule is CCC(C)NC(=O)C(C)NCC(C)N1CCCCC1. The first-order valence-electron chi connectivity index (χ1n) is 7.82. The number of nitrogens with one attached hydrogen (secondary N) is 2. The number of nitrogens with zero attached hydrogens (tertiary/aromatic N) is 1. The van der Waals surface area contributed by atoms with E-state index in [2.05, 4.69) is 29.4 Å². The Balaban J connectivity index is 2.24. The molecule has 1 heterocycles. The van der Waals surface area contributed by atoms with Crippen LogP contribution in [0.5, 0.6) is 0 Å². The van der Waals surface area contributed by atoms with Gasteiger partial charge in [0.15, 0.2) is 0 Å². The van der Waals surface area contributed by atoms with Gasteiger partial charge < -0.3 is 10.6 Å². The molecule has 1 amide bonds. The van der Waals surface area contributed by atoms with E-state index in [1.54, 1.807) is 0 Å². The minimum absolute atomic E-state index is 0.110. The fourth-order valence-corrected chi connectivity index (χ4v) is 2.40. The second-order valence-electron chi connectivity index (χ2n) is 5.89. The van der Waals surface area contributed by atoms with Gasteiger partial charge in [-0.3, -0.25) is 9.69 Å². The number of carbonyl (C=O) groups is 1. The van der Waals surface area contributed by atoms with Crippen LogP contribution in [0.1, 0.15) is 53.4 Å². The molecule has 1 saturated heterocycles. The van der Waals surface area contributed by atoms with Crippen LogP contribution in [-0.4, -0.2) is 48.6 Å². The van der Waals surface area contributed by atoms with Crippen molar-refractivity contribution in [2.75, 3.05) is 19.6 Å². The van der Waals surface area contributed by atoms with Gasteiger partial charge in [0.1, 0.15) is 0 Å². The summed E-state index contributed by atoms with van der Waals surface area (Å²) >= 11 is 0. The zero-order valence-corrected chi connectivity index (χ0v) is 13.0. The van der Waals surface area contributed by atoms with Crippen molar-refractivity contribution in [3.63, 3.8) is 0 Å². The van der Waals surface area contributed by atoms with E-state index >= 15 is 0 Å². The summed E-state index contributed by atoms with van der Waals surface area (Å²) < 4.78 is 0. The van der Waals surface area contributed by atoms with Gasteiger partial charge in [-0.15, -0.1) is 0 Å². The minimum Gasteiger partial charge on any atom is -0.352 e. The maximum Gasteiger partial charge on any atom is 0.237 e. The Labute approximate surface area is 118 Å². The number of piperidine rings is 1. The first-order valence-corrected chi connectivity index (χ1v) is 7.82. The third-order valence-electron chi connectivity index (χ3n) is 4.13. The number of carbonyl (C=O) groups excluding carboxylic acids is 1. The van der Waals surface area contributed by atoms with Crippen molar-refractivity contribution < 1.29 is 4.79 Å². The summed E-state index contributed by atoms with van der Waals surface area (Å²) in [5, 5.41) is 6.37. The van der Waals surface area contributed by atoms with Crippen molar-refractivity contribution in [1.82, 2.24) is 15.5 Å². The summed E-state index contributed by atoms with van der Waals surface area (Å²) in [7, 11) is 0. The lowest BCUT2D eigenvalue weighted by atomic mass is 10.1. The standard InChI is InChI=1S/C15H31N3O/c1-5-12(2)17-15(19)14(4)16-11-13(3)18-9-7-6-8-10-18/h12-14,16H,5-11H2,1-4H3,(H,17,19). The Morgan fingerprint density at radius 3 is 2.37 bits per heavy atom. The number of hydrogen-bond acceptors (Lipinski definition) is 3. The van der Waals surface area contributed by atoms with Crippen molar-refractivity contribution >= 4 is 5.91 Å². The van der Waals surface area contributed by atoms with E-state index in [1.807, 2.05) is 13.8 Å². The fraction of sp³-hybridized carbons (Fsp3) is 0.933. The number of likely N-dealkylation sites (tertiary alicyclic amines) is 1. The van der Waals surface area contributed by atoms with Crippen molar-refractivity contribution in [3.05, 3.63) is 0 Å². The van der Waals surface area contributed by atoms with Gasteiger partial charge in [-0.05, 0) is 53.1 Å². The molecule has 0 aromatic heterocycles. The van der Waals surface area contributed by atoms with Crippen LogP contribution in [0.15, 0.2) is 0 Å².